The molecular formula is C14H17NO2. The topological polar surface area (TPSA) is 21.7 Å². The van der Waals surface area contributed by atoms with Crippen LogP contribution in [0.2, 0.25) is 0 Å². The second kappa shape index (κ2) is 4.53. The first kappa shape index (κ1) is 11.6. The summed E-state index contributed by atoms with van der Waals surface area (Å²) in [5, 5.41) is 2.29. The molecule has 3 heteroatoms. The summed E-state index contributed by atoms with van der Waals surface area (Å²) in [6.45, 7) is 0. The van der Waals surface area contributed by atoms with Crippen LogP contribution in [0.25, 0.3) is 10.8 Å². The molecule has 0 unspecified atom stereocenters. The Morgan fingerprint density at radius 2 is 1.41 bits per heavy atom. The largest absolute Gasteiger partial charge is 0.493 e. The highest BCUT2D eigenvalue weighted by molar-refractivity contribution is 5.89. The molecule has 0 saturated heterocycles. The zero-order valence-electron chi connectivity index (χ0n) is 10.7. The van der Waals surface area contributed by atoms with Crippen LogP contribution in [0.4, 0.5) is 5.69 Å². The van der Waals surface area contributed by atoms with E-state index in [-0.39, 0.29) is 0 Å². The number of anilines is 1. The summed E-state index contributed by atoms with van der Waals surface area (Å²) in [5.74, 6) is 1.52. The Hall–Kier alpha value is -1.90. The Morgan fingerprint density at radius 3 is 1.94 bits per heavy atom. The number of ether oxygens (including phenoxy) is 2. The quantitative estimate of drug-likeness (QED) is 0.810. The molecule has 2 aromatic rings. The van der Waals surface area contributed by atoms with E-state index < -0.39 is 0 Å². The van der Waals surface area contributed by atoms with E-state index in [1.165, 1.54) is 5.69 Å². The van der Waals surface area contributed by atoms with Crippen molar-refractivity contribution in [3.05, 3.63) is 30.3 Å². The van der Waals surface area contributed by atoms with Gasteiger partial charge in [-0.2, -0.15) is 0 Å². The maximum atomic E-state index is 5.31. The summed E-state index contributed by atoms with van der Waals surface area (Å²) in [6.07, 6.45) is 0. The molecule has 0 fully saturated rings. The van der Waals surface area contributed by atoms with E-state index in [1.54, 1.807) is 14.2 Å². The third-order valence-corrected chi connectivity index (χ3v) is 2.84. The number of nitrogens with zero attached hydrogens (tertiary/aromatic N) is 1. The van der Waals surface area contributed by atoms with Crippen molar-refractivity contribution in [2.24, 2.45) is 0 Å². The summed E-state index contributed by atoms with van der Waals surface area (Å²) in [5.41, 5.74) is 1.17. The van der Waals surface area contributed by atoms with Crippen LogP contribution >= 0.6 is 0 Å². The van der Waals surface area contributed by atoms with E-state index in [0.29, 0.717) is 0 Å². The number of hydrogen-bond acceptors (Lipinski definition) is 3. The highest BCUT2D eigenvalue weighted by atomic mass is 16.5. The number of hydrogen-bond donors (Lipinski definition) is 0. The number of rotatable bonds is 3. The van der Waals surface area contributed by atoms with E-state index in [9.17, 15) is 0 Å². The molecule has 0 N–H and O–H groups in total. The predicted molar refractivity (Wildman–Crippen MR) is 71.4 cm³/mol. The van der Waals surface area contributed by atoms with Crippen molar-refractivity contribution in [3.8, 4) is 11.5 Å². The Kier molecular flexibility index (Phi) is 3.09. The van der Waals surface area contributed by atoms with E-state index in [0.717, 1.165) is 22.3 Å². The van der Waals surface area contributed by atoms with Crippen LogP contribution in [-0.2, 0) is 0 Å². The molecule has 90 valence electrons. The van der Waals surface area contributed by atoms with Gasteiger partial charge in [-0.25, -0.2) is 0 Å². The first-order chi connectivity index (χ1) is 8.15. The molecule has 2 aromatic carbocycles. The molecule has 0 aliphatic carbocycles. The van der Waals surface area contributed by atoms with Gasteiger partial charge in [0, 0.05) is 19.8 Å². The third-order valence-electron chi connectivity index (χ3n) is 2.84. The molecule has 3 nitrogen and oxygen atoms in total. The van der Waals surface area contributed by atoms with Crippen molar-refractivity contribution in [1.29, 1.82) is 0 Å². The predicted octanol–water partition coefficient (Wildman–Crippen LogP) is 2.92. The molecule has 0 amide bonds. The van der Waals surface area contributed by atoms with Gasteiger partial charge in [0.15, 0.2) is 11.5 Å². The van der Waals surface area contributed by atoms with Crippen molar-refractivity contribution in [2.45, 2.75) is 0 Å². The van der Waals surface area contributed by atoms with Crippen LogP contribution in [0.5, 0.6) is 11.5 Å². The first-order valence-electron chi connectivity index (χ1n) is 5.49. The molecule has 2 rings (SSSR count). The highest BCUT2D eigenvalue weighted by Crippen LogP contribution is 2.33. The minimum Gasteiger partial charge on any atom is -0.493 e. The lowest BCUT2D eigenvalue weighted by Gasteiger charge is -2.14. The molecule has 0 saturated carbocycles. The summed E-state index contributed by atoms with van der Waals surface area (Å²) in [7, 11) is 7.36. The maximum absolute atomic E-state index is 5.31. The van der Waals surface area contributed by atoms with E-state index in [2.05, 4.69) is 23.1 Å². The van der Waals surface area contributed by atoms with Gasteiger partial charge < -0.3 is 14.4 Å². The van der Waals surface area contributed by atoms with Gasteiger partial charge in [-0.1, -0.05) is 6.07 Å². The maximum Gasteiger partial charge on any atom is 0.161 e. The highest BCUT2D eigenvalue weighted by Gasteiger charge is 2.06. The molecular weight excluding hydrogens is 214 g/mol. The molecule has 0 atom stereocenters. The fourth-order valence-electron chi connectivity index (χ4n) is 1.84. The number of methoxy groups -OCH3 is 2. The van der Waals surface area contributed by atoms with Crippen molar-refractivity contribution in [1.82, 2.24) is 0 Å². The fraction of sp³-hybridized carbons (Fsp3) is 0.286. The lowest BCUT2D eigenvalue weighted by atomic mass is 10.1. The number of fused-ring (bicyclic) bond motifs is 1. The molecule has 0 heterocycles. The summed E-state index contributed by atoms with van der Waals surface area (Å²) in [4.78, 5) is 2.08. The molecule has 0 bridgehead atoms. The SMILES string of the molecule is COc1cc2ccc(N(C)C)cc2cc1OC. The van der Waals surface area contributed by atoms with Crippen LogP contribution in [0, 0.1) is 0 Å². The van der Waals surface area contributed by atoms with Gasteiger partial charge in [0.1, 0.15) is 0 Å². The first-order valence-corrected chi connectivity index (χ1v) is 5.49. The Balaban J connectivity index is 2.62. The zero-order chi connectivity index (χ0) is 12.4. The van der Waals surface area contributed by atoms with E-state index >= 15 is 0 Å². The number of benzene rings is 2. The van der Waals surface area contributed by atoms with Crippen molar-refractivity contribution < 1.29 is 9.47 Å². The van der Waals surface area contributed by atoms with Gasteiger partial charge in [-0.15, -0.1) is 0 Å². The summed E-state index contributed by atoms with van der Waals surface area (Å²) < 4.78 is 10.6. The summed E-state index contributed by atoms with van der Waals surface area (Å²) in [6, 6.07) is 10.3. The standard InChI is InChI=1S/C14H17NO2/c1-15(2)12-6-5-10-8-13(16-3)14(17-4)9-11(10)7-12/h5-9H,1-4H3. The van der Waals surface area contributed by atoms with Crippen LogP contribution in [-0.4, -0.2) is 28.3 Å². The Morgan fingerprint density at radius 1 is 0.824 bits per heavy atom. The van der Waals surface area contributed by atoms with Gasteiger partial charge in [0.2, 0.25) is 0 Å². The smallest absolute Gasteiger partial charge is 0.161 e. The zero-order valence-corrected chi connectivity index (χ0v) is 10.7. The minimum atomic E-state index is 0.760. The molecule has 17 heavy (non-hydrogen) atoms. The lowest BCUT2D eigenvalue weighted by molar-refractivity contribution is 0.356. The van der Waals surface area contributed by atoms with Gasteiger partial charge >= 0.3 is 0 Å². The average Bonchev–Trinajstić information content (AvgIpc) is 2.36. The molecule has 0 aliphatic rings. The molecule has 0 aromatic heterocycles. The average molecular weight is 231 g/mol. The minimum absolute atomic E-state index is 0.760. The van der Waals surface area contributed by atoms with Crippen LogP contribution in [0.15, 0.2) is 30.3 Å². The monoisotopic (exact) mass is 231 g/mol. The normalized spacial score (nSPS) is 10.4. The van der Waals surface area contributed by atoms with Gasteiger partial charge in [-0.05, 0) is 35.0 Å². The van der Waals surface area contributed by atoms with Gasteiger partial charge in [0.05, 0.1) is 14.2 Å². The molecule has 0 aliphatic heterocycles. The van der Waals surface area contributed by atoms with Crippen molar-refractivity contribution in [2.75, 3.05) is 33.2 Å². The van der Waals surface area contributed by atoms with Crippen molar-refractivity contribution in [3.63, 3.8) is 0 Å². The fourth-order valence-corrected chi connectivity index (χ4v) is 1.84. The van der Waals surface area contributed by atoms with Crippen LogP contribution in [0.1, 0.15) is 0 Å². The second-order valence-electron chi connectivity index (χ2n) is 4.13. The Labute approximate surface area is 102 Å². The van der Waals surface area contributed by atoms with E-state index in [4.69, 9.17) is 9.47 Å². The molecule has 0 radical (unpaired) electrons. The Bertz CT molecular complexity index is 535. The third kappa shape index (κ3) is 2.13. The summed E-state index contributed by atoms with van der Waals surface area (Å²) >= 11 is 0. The second-order valence-corrected chi connectivity index (χ2v) is 4.13. The lowest BCUT2D eigenvalue weighted by Crippen LogP contribution is -2.08. The van der Waals surface area contributed by atoms with Crippen LogP contribution < -0.4 is 14.4 Å². The molecule has 0 spiro atoms. The van der Waals surface area contributed by atoms with Gasteiger partial charge in [-0.3, -0.25) is 0 Å². The van der Waals surface area contributed by atoms with E-state index in [1.807, 2.05) is 26.2 Å². The van der Waals surface area contributed by atoms with Gasteiger partial charge in [0.25, 0.3) is 0 Å². The van der Waals surface area contributed by atoms with Crippen molar-refractivity contribution >= 4 is 16.5 Å². The van der Waals surface area contributed by atoms with Crippen LogP contribution in [0.3, 0.4) is 0 Å².